The molecule has 1 fully saturated rings. The number of hydrogen-bond acceptors (Lipinski definition) is 5. The summed E-state index contributed by atoms with van der Waals surface area (Å²) in [5.41, 5.74) is 2.77. The van der Waals surface area contributed by atoms with Gasteiger partial charge in [0.1, 0.15) is 5.52 Å². The summed E-state index contributed by atoms with van der Waals surface area (Å²) in [7, 11) is 0. The van der Waals surface area contributed by atoms with Crippen LogP contribution >= 0.6 is 0 Å². The van der Waals surface area contributed by atoms with Crippen molar-refractivity contribution >= 4 is 11.1 Å². The van der Waals surface area contributed by atoms with Gasteiger partial charge in [0.15, 0.2) is 17.2 Å². The van der Waals surface area contributed by atoms with Gasteiger partial charge >= 0.3 is 0 Å². The van der Waals surface area contributed by atoms with Gasteiger partial charge in [-0.15, -0.1) is 0 Å². The molecule has 0 aliphatic carbocycles. The molecule has 3 aromatic rings. The molecule has 1 atom stereocenters. The number of oxazole rings is 1. The number of para-hydroxylation sites is 2. The molecule has 5 heteroatoms. The molecule has 1 aliphatic rings. The smallest absolute Gasteiger partial charge is 0.195 e. The maximum atomic E-state index is 5.79. The van der Waals surface area contributed by atoms with E-state index in [0.717, 1.165) is 60.8 Å². The Labute approximate surface area is 135 Å². The topological polar surface area (TPSA) is 55.3 Å². The zero-order valence-electron chi connectivity index (χ0n) is 13.4. The predicted molar refractivity (Wildman–Crippen MR) is 87.1 cm³/mol. The number of aryl methyl sites for hydroxylation is 2. The van der Waals surface area contributed by atoms with Crippen molar-refractivity contribution in [1.82, 2.24) is 15.0 Å². The van der Waals surface area contributed by atoms with Crippen molar-refractivity contribution in [3.05, 3.63) is 47.7 Å². The van der Waals surface area contributed by atoms with Crippen LogP contribution in [0, 0.1) is 6.92 Å². The summed E-state index contributed by atoms with van der Waals surface area (Å²) in [5, 5.41) is 4.02. The molecule has 0 saturated carbocycles. The first-order chi connectivity index (χ1) is 11.3. The van der Waals surface area contributed by atoms with Crippen molar-refractivity contribution in [3.63, 3.8) is 0 Å². The van der Waals surface area contributed by atoms with E-state index in [4.69, 9.17) is 8.94 Å². The van der Waals surface area contributed by atoms with Crippen LogP contribution in [0.3, 0.4) is 0 Å². The lowest BCUT2D eigenvalue weighted by Crippen LogP contribution is -2.24. The third kappa shape index (κ3) is 3.01. The van der Waals surface area contributed by atoms with E-state index in [1.807, 2.05) is 31.2 Å². The second-order valence-corrected chi connectivity index (χ2v) is 6.24. The molecule has 23 heavy (non-hydrogen) atoms. The van der Waals surface area contributed by atoms with E-state index in [-0.39, 0.29) is 0 Å². The van der Waals surface area contributed by atoms with E-state index in [9.17, 15) is 0 Å². The lowest BCUT2D eigenvalue weighted by Gasteiger charge is -2.21. The second-order valence-electron chi connectivity index (χ2n) is 6.24. The highest BCUT2D eigenvalue weighted by molar-refractivity contribution is 5.72. The molecule has 120 valence electrons. The van der Waals surface area contributed by atoms with Crippen molar-refractivity contribution in [2.75, 3.05) is 13.1 Å². The molecule has 5 nitrogen and oxygen atoms in total. The maximum Gasteiger partial charge on any atom is 0.195 e. The Balaban J connectivity index is 1.36. The van der Waals surface area contributed by atoms with Crippen molar-refractivity contribution in [1.29, 1.82) is 0 Å². The predicted octanol–water partition coefficient (Wildman–Crippen LogP) is 3.89. The molecule has 0 bridgehead atoms. The number of nitrogens with zero attached hydrogens (tertiary/aromatic N) is 3. The minimum Gasteiger partial charge on any atom is -0.441 e. The summed E-state index contributed by atoms with van der Waals surface area (Å²) in [6.07, 6.45) is 4.27. The highest BCUT2D eigenvalue weighted by atomic mass is 16.5. The van der Waals surface area contributed by atoms with E-state index in [2.05, 4.69) is 21.1 Å². The van der Waals surface area contributed by atoms with Crippen molar-refractivity contribution < 1.29 is 8.94 Å². The maximum absolute atomic E-state index is 5.79. The Kier molecular flexibility index (Phi) is 3.87. The molecule has 1 unspecified atom stereocenters. The molecular formula is C18H21N3O2. The largest absolute Gasteiger partial charge is 0.441 e. The van der Waals surface area contributed by atoms with E-state index in [1.54, 1.807) is 0 Å². The third-order valence-electron chi connectivity index (χ3n) is 4.51. The van der Waals surface area contributed by atoms with Crippen LogP contribution in [0.2, 0.25) is 0 Å². The van der Waals surface area contributed by atoms with Gasteiger partial charge in [-0.2, -0.15) is 0 Å². The van der Waals surface area contributed by atoms with E-state index >= 15 is 0 Å². The molecule has 0 amide bonds. The number of rotatable bonds is 5. The van der Waals surface area contributed by atoms with Crippen LogP contribution in [0.1, 0.15) is 42.6 Å². The van der Waals surface area contributed by atoms with Gasteiger partial charge in [0.05, 0.1) is 11.7 Å². The molecule has 3 heterocycles. The monoisotopic (exact) mass is 311 g/mol. The Morgan fingerprint density at radius 3 is 3.04 bits per heavy atom. The average molecular weight is 311 g/mol. The summed E-state index contributed by atoms with van der Waals surface area (Å²) in [6, 6.07) is 10.4. The molecule has 1 aromatic carbocycles. The summed E-state index contributed by atoms with van der Waals surface area (Å²) < 4.78 is 11.2. The number of benzene rings is 1. The van der Waals surface area contributed by atoms with E-state index < -0.39 is 0 Å². The van der Waals surface area contributed by atoms with E-state index in [0.29, 0.717) is 6.04 Å². The highest BCUT2D eigenvalue weighted by Crippen LogP contribution is 2.32. The Morgan fingerprint density at radius 2 is 2.22 bits per heavy atom. The summed E-state index contributed by atoms with van der Waals surface area (Å²) in [4.78, 5) is 7.03. The SMILES string of the molecule is Cc1cc(C2CCCN2CCCc2nc3ccccc3o2)on1. The highest BCUT2D eigenvalue weighted by Gasteiger charge is 2.28. The molecule has 2 aromatic heterocycles. The van der Waals surface area contributed by atoms with Crippen LogP contribution in [-0.2, 0) is 6.42 Å². The van der Waals surface area contributed by atoms with Gasteiger partial charge < -0.3 is 8.94 Å². The first kappa shape index (κ1) is 14.5. The van der Waals surface area contributed by atoms with Gasteiger partial charge in [0, 0.05) is 12.5 Å². The van der Waals surface area contributed by atoms with Crippen LogP contribution < -0.4 is 0 Å². The van der Waals surface area contributed by atoms with Gasteiger partial charge in [0.25, 0.3) is 0 Å². The molecule has 1 saturated heterocycles. The van der Waals surface area contributed by atoms with Crippen molar-refractivity contribution in [2.24, 2.45) is 0 Å². The van der Waals surface area contributed by atoms with Crippen molar-refractivity contribution in [3.8, 4) is 0 Å². The van der Waals surface area contributed by atoms with E-state index in [1.165, 1.54) is 6.42 Å². The summed E-state index contributed by atoms with van der Waals surface area (Å²) >= 11 is 0. The molecule has 0 radical (unpaired) electrons. The number of fused-ring (bicyclic) bond motifs is 1. The first-order valence-corrected chi connectivity index (χ1v) is 8.31. The third-order valence-corrected chi connectivity index (χ3v) is 4.51. The number of likely N-dealkylation sites (tertiary alicyclic amines) is 1. The fraction of sp³-hybridized carbons (Fsp3) is 0.444. The average Bonchev–Trinajstić information content (AvgIpc) is 3.25. The molecule has 4 rings (SSSR count). The fourth-order valence-corrected chi connectivity index (χ4v) is 3.42. The molecular weight excluding hydrogens is 290 g/mol. The van der Waals surface area contributed by atoms with Gasteiger partial charge in [0.2, 0.25) is 0 Å². The van der Waals surface area contributed by atoms with Gasteiger partial charge in [-0.05, 0) is 51.4 Å². The van der Waals surface area contributed by atoms with Crippen LogP contribution in [-0.4, -0.2) is 28.1 Å². The van der Waals surface area contributed by atoms with Crippen LogP contribution in [0.5, 0.6) is 0 Å². The molecule has 0 N–H and O–H groups in total. The number of aromatic nitrogens is 2. The Morgan fingerprint density at radius 1 is 1.30 bits per heavy atom. The normalized spacial score (nSPS) is 18.9. The van der Waals surface area contributed by atoms with Crippen LogP contribution in [0.4, 0.5) is 0 Å². The number of hydrogen-bond donors (Lipinski definition) is 0. The first-order valence-electron chi connectivity index (χ1n) is 8.31. The summed E-state index contributed by atoms with van der Waals surface area (Å²) in [6.45, 7) is 4.13. The molecule has 1 aliphatic heterocycles. The quantitative estimate of drug-likeness (QED) is 0.715. The van der Waals surface area contributed by atoms with Crippen molar-refractivity contribution in [2.45, 2.75) is 38.6 Å². The zero-order valence-corrected chi connectivity index (χ0v) is 13.4. The molecule has 0 spiro atoms. The van der Waals surface area contributed by atoms with Crippen LogP contribution in [0.25, 0.3) is 11.1 Å². The van der Waals surface area contributed by atoms with Gasteiger partial charge in [-0.3, -0.25) is 4.90 Å². The van der Waals surface area contributed by atoms with Gasteiger partial charge in [-0.25, -0.2) is 4.98 Å². The lowest BCUT2D eigenvalue weighted by molar-refractivity contribution is 0.210. The second kappa shape index (κ2) is 6.16. The fourth-order valence-electron chi connectivity index (χ4n) is 3.42. The van der Waals surface area contributed by atoms with Gasteiger partial charge in [-0.1, -0.05) is 17.3 Å². The minimum atomic E-state index is 0.375. The Hall–Kier alpha value is -2.14. The zero-order chi connectivity index (χ0) is 15.6. The lowest BCUT2D eigenvalue weighted by atomic mass is 10.1. The summed E-state index contributed by atoms with van der Waals surface area (Å²) in [5.74, 6) is 1.83. The minimum absolute atomic E-state index is 0.375. The Bertz CT molecular complexity index is 759. The standard InChI is InChI=1S/C18H21N3O2/c1-13-12-17(23-20-13)15-7-4-10-21(15)11-5-9-18-19-14-6-2-3-8-16(14)22-18/h2-3,6,8,12,15H,4-5,7,9-11H2,1H3. The van der Waals surface area contributed by atoms with Crippen LogP contribution in [0.15, 0.2) is 39.3 Å².